The molecule has 0 aliphatic carbocycles. The van der Waals surface area contributed by atoms with Crippen LogP contribution in [0.2, 0.25) is 0 Å². The van der Waals surface area contributed by atoms with E-state index in [-0.39, 0.29) is 5.91 Å². The Kier molecular flexibility index (Phi) is 1.52. The molecule has 3 nitrogen and oxygen atoms in total. The average Bonchev–Trinajstić information content (AvgIpc) is 2.27. The number of nitrogens with zero attached hydrogens (tertiary/aromatic N) is 1. The van der Waals surface area contributed by atoms with Crippen LogP contribution in [0.4, 0.5) is 5.82 Å². The molecule has 2 heterocycles. The maximum Gasteiger partial charge on any atom is 0.220 e. The van der Waals surface area contributed by atoms with Gasteiger partial charge in [0.05, 0.1) is 0 Å². The zero-order valence-electron chi connectivity index (χ0n) is 8.01. The van der Waals surface area contributed by atoms with E-state index in [0.29, 0.717) is 5.82 Å². The van der Waals surface area contributed by atoms with Gasteiger partial charge in [0.15, 0.2) is 0 Å². The highest BCUT2D eigenvalue weighted by Crippen LogP contribution is 2.31. The van der Waals surface area contributed by atoms with Gasteiger partial charge in [0.2, 0.25) is 5.91 Å². The molecule has 0 saturated carbocycles. The van der Waals surface area contributed by atoms with E-state index >= 15 is 0 Å². The molecular weight excluding hydrogens is 162 g/mol. The Labute approximate surface area is 78.8 Å². The second kappa shape index (κ2) is 2.37. The molecule has 0 spiro atoms. The first kappa shape index (κ1) is 8.35. The first-order valence-corrected chi connectivity index (χ1v) is 4.30. The molecule has 64 valence electrons. The highest BCUT2D eigenvalue weighted by Gasteiger charge is 2.38. The fraction of sp³-hybridized carbons (Fsp3) is 0.250. The molecule has 1 N–H and O–H groups in total. The van der Waals surface area contributed by atoms with Crippen molar-refractivity contribution in [2.24, 2.45) is 0 Å². The van der Waals surface area contributed by atoms with Crippen LogP contribution in [0.25, 0.3) is 0 Å². The lowest BCUT2D eigenvalue weighted by molar-refractivity contribution is -0.116. The van der Waals surface area contributed by atoms with E-state index in [1.54, 1.807) is 6.20 Å². The Hall–Kier alpha value is -1.25. The molecule has 1 aliphatic rings. The lowest BCUT2D eigenvalue weighted by Crippen LogP contribution is -2.35. The summed E-state index contributed by atoms with van der Waals surface area (Å²) in [4.78, 5) is 15.7. The van der Waals surface area contributed by atoms with Crippen molar-refractivity contribution in [2.45, 2.75) is 12.1 Å². The third kappa shape index (κ3) is 1.07. The Morgan fingerprint density at radius 3 is 2.92 bits per heavy atom. The number of amides is 1. The normalized spacial score (nSPS) is 18.1. The molecule has 0 atom stereocenters. The van der Waals surface area contributed by atoms with Gasteiger partial charge in [-0.2, -0.15) is 0 Å². The molecule has 2 rings (SSSR count). The second-order valence-electron chi connectivity index (χ2n) is 3.99. The summed E-state index contributed by atoms with van der Waals surface area (Å²) < 4.78 is 0. The Bertz CT molecular complexity index is 390. The van der Waals surface area contributed by atoms with Crippen molar-refractivity contribution in [1.82, 2.24) is 4.98 Å². The van der Waals surface area contributed by atoms with Crippen molar-refractivity contribution in [2.75, 3.05) is 5.32 Å². The number of anilines is 1. The lowest BCUT2D eigenvalue weighted by Gasteiger charge is -2.14. The molecule has 0 radical (unpaired) electrons. The van der Waals surface area contributed by atoms with Gasteiger partial charge in [-0.05, 0) is 18.1 Å². The topological polar surface area (TPSA) is 42.0 Å². The van der Waals surface area contributed by atoms with Gasteiger partial charge in [-0.3, -0.25) is 4.79 Å². The van der Waals surface area contributed by atoms with Crippen LogP contribution in [0.3, 0.4) is 0 Å². The predicted octanol–water partition coefficient (Wildman–Crippen LogP) is -1.24. The standard InChI is InChI=1S/C8H10B2N2O/c1-4-2-5-6(11-3-4)12-7(13)8(5,9)10/h2-3H,9-10H2,1H3,(H,11,12,13). The van der Waals surface area contributed by atoms with Gasteiger partial charge >= 0.3 is 0 Å². The van der Waals surface area contributed by atoms with Gasteiger partial charge in [-0.15, -0.1) is 0 Å². The number of carbonyl (C=O) groups is 1. The van der Waals surface area contributed by atoms with Gasteiger partial charge in [-0.1, -0.05) is 6.07 Å². The van der Waals surface area contributed by atoms with Crippen molar-refractivity contribution >= 4 is 27.4 Å². The summed E-state index contributed by atoms with van der Waals surface area (Å²) in [5, 5.41) is 2.33. The van der Waals surface area contributed by atoms with Crippen LogP contribution >= 0.6 is 0 Å². The summed E-state index contributed by atoms with van der Waals surface area (Å²) in [7, 11) is 3.82. The smallest absolute Gasteiger partial charge is 0.220 e. The zero-order valence-corrected chi connectivity index (χ0v) is 8.01. The van der Waals surface area contributed by atoms with E-state index in [4.69, 9.17) is 0 Å². The molecule has 13 heavy (non-hydrogen) atoms. The monoisotopic (exact) mass is 172 g/mol. The maximum atomic E-state index is 11.5. The van der Waals surface area contributed by atoms with Crippen LogP contribution in [0.15, 0.2) is 12.3 Å². The van der Waals surface area contributed by atoms with Gasteiger partial charge < -0.3 is 5.32 Å². The van der Waals surface area contributed by atoms with Gasteiger partial charge in [0.25, 0.3) is 0 Å². The van der Waals surface area contributed by atoms with E-state index in [1.165, 1.54) is 0 Å². The molecule has 1 aliphatic heterocycles. The number of hydrogen-bond donors (Lipinski definition) is 1. The summed E-state index contributed by atoms with van der Waals surface area (Å²) in [6.07, 6.45) is 1.76. The van der Waals surface area contributed by atoms with Crippen molar-refractivity contribution in [3.63, 3.8) is 0 Å². The predicted molar refractivity (Wildman–Crippen MR) is 56.4 cm³/mol. The highest BCUT2D eigenvalue weighted by molar-refractivity contribution is 6.54. The van der Waals surface area contributed by atoms with E-state index in [0.717, 1.165) is 11.1 Å². The first-order chi connectivity index (χ1) is 6.01. The molecule has 0 bridgehead atoms. The average molecular weight is 172 g/mol. The minimum atomic E-state index is -0.436. The maximum absolute atomic E-state index is 11.5. The molecule has 1 aromatic heterocycles. The van der Waals surface area contributed by atoms with Gasteiger partial charge in [0.1, 0.15) is 21.5 Å². The minimum Gasteiger partial charge on any atom is -0.311 e. The van der Waals surface area contributed by atoms with Crippen LogP contribution in [0, 0.1) is 6.92 Å². The summed E-state index contributed by atoms with van der Waals surface area (Å²) >= 11 is 0. The fourth-order valence-corrected chi connectivity index (χ4v) is 1.53. The molecular formula is C8H10B2N2O. The minimum absolute atomic E-state index is 0.0283. The largest absolute Gasteiger partial charge is 0.311 e. The molecule has 1 aromatic rings. The van der Waals surface area contributed by atoms with Crippen LogP contribution < -0.4 is 5.32 Å². The van der Waals surface area contributed by atoms with Crippen LogP contribution in [-0.4, -0.2) is 26.6 Å². The van der Waals surface area contributed by atoms with Crippen molar-refractivity contribution in [3.05, 3.63) is 23.4 Å². The van der Waals surface area contributed by atoms with E-state index in [2.05, 4.69) is 10.3 Å². The van der Waals surface area contributed by atoms with Gasteiger partial charge in [0, 0.05) is 11.4 Å². The third-order valence-electron chi connectivity index (χ3n) is 2.50. The molecule has 0 fully saturated rings. The molecule has 0 aromatic carbocycles. The summed E-state index contributed by atoms with van der Waals surface area (Å²) in [5.74, 6) is 0.737. The highest BCUT2D eigenvalue weighted by atomic mass is 16.2. The summed E-state index contributed by atoms with van der Waals surface area (Å²) in [6, 6.07) is 2.01. The van der Waals surface area contributed by atoms with E-state index in [9.17, 15) is 4.79 Å². The zero-order chi connectivity index (χ0) is 9.64. The van der Waals surface area contributed by atoms with Crippen LogP contribution in [0.5, 0.6) is 0 Å². The summed E-state index contributed by atoms with van der Waals surface area (Å²) in [6.45, 7) is 1.98. The number of hydrogen-bond acceptors (Lipinski definition) is 2. The fourth-order valence-electron chi connectivity index (χ4n) is 1.53. The second-order valence-corrected chi connectivity index (χ2v) is 3.99. The number of nitrogens with one attached hydrogen (secondary N) is 1. The Morgan fingerprint density at radius 2 is 2.23 bits per heavy atom. The number of fused-ring (bicyclic) bond motifs is 1. The number of pyridine rings is 1. The summed E-state index contributed by atoms with van der Waals surface area (Å²) in [5.41, 5.74) is 2.08. The molecule has 5 heteroatoms. The van der Waals surface area contributed by atoms with E-state index < -0.39 is 5.21 Å². The molecule has 0 saturated heterocycles. The molecule has 1 amide bonds. The van der Waals surface area contributed by atoms with Crippen LogP contribution in [-0.2, 0) is 10.0 Å². The Balaban J connectivity index is 2.64. The van der Waals surface area contributed by atoms with E-state index in [1.807, 2.05) is 28.7 Å². The van der Waals surface area contributed by atoms with Crippen molar-refractivity contribution in [3.8, 4) is 0 Å². The number of aromatic nitrogens is 1. The molecule has 0 unspecified atom stereocenters. The van der Waals surface area contributed by atoms with Crippen molar-refractivity contribution in [1.29, 1.82) is 0 Å². The Morgan fingerprint density at radius 1 is 1.54 bits per heavy atom. The number of aryl methyl sites for hydroxylation is 1. The lowest BCUT2D eigenvalue weighted by atomic mass is 9.52. The van der Waals surface area contributed by atoms with Crippen molar-refractivity contribution < 1.29 is 4.79 Å². The number of rotatable bonds is 0. The first-order valence-electron chi connectivity index (χ1n) is 4.30. The van der Waals surface area contributed by atoms with Crippen LogP contribution in [0.1, 0.15) is 11.1 Å². The van der Waals surface area contributed by atoms with Gasteiger partial charge in [-0.25, -0.2) is 4.98 Å². The SMILES string of the molecule is BC1(B)C(=O)Nc2ncc(C)cc21. The number of carbonyl (C=O) groups excluding carboxylic acids is 1. The third-order valence-corrected chi connectivity index (χ3v) is 2.50. The quantitative estimate of drug-likeness (QED) is 0.497.